The maximum absolute atomic E-state index is 12.9. The lowest BCUT2D eigenvalue weighted by molar-refractivity contribution is -0.122. The van der Waals surface area contributed by atoms with Gasteiger partial charge in [-0.05, 0) is 61.4 Å². The third kappa shape index (κ3) is 3.42. The molecule has 2 atom stereocenters. The van der Waals surface area contributed by atoms with E-state index in [9.17, 15) is 18.8 Å². The van der Waals surface area contributed by atoms with Crippen molar-refractivity contribution < 1.29 is 23.5 Å². The summed E-state index contributed by atoms with van der Waals surface area (Å²) in [7, 11) is 0. The first-order valence-electron chi connectivity index (χ1n) is 9.44. The Labute approximate surface area is 162 Å². The van der Waals surface area contributed by atoms with Crippen molar-refractivity contribution >= 4 is 23.3 Å². The van der Waals surface area contributed by atoms with Crippen molar-refractivity contribution in [1.29, 1.82) is 0 Å². The number of rotatable bonds is 5. The zero-order valence-corrected chi connectivity index (χ0v) is 15.3. The van der Waals surface area contributed by atoms with E-state index < -0.39 is 5.82 Å². The summed E-state index contributed by atoms with van der Waals surface area (Å²) in [5.74, 6) is -0.826. The summed E-state index contributed by atoms with van der Waals surface area (Å²) < 4.78 is 18.4. The van der Waals surface area contributed by atoms with Gasteiger partial charge in [-0.1, -0.05) is 12.8 Å². The quantitative estimate of drug-likeness (QED) is 0.584. The van der Waals surface area contributed by atoms with Crippen LogP contribution in [-0.2, 0) is 9.59 Å². The number of fused-ring (bicyclic) bond motifs is 1. The predicted molar refractivity (Wildman–Crippen MR) is 101 cm³/mol. The average molecular weight is 381 g/mol. The van der Waals surface area contributed by atoms with Crippen LogP contribution >= 0.6 is 0 Å². The molecular formula is C22H20FNO4. The maximum atomic E-state index is 12.9. The molecule has 1 aliphatic carbocycles. The van der Waals surface area contributed by atoms with Crippen LogP contribution in [0.15, 0.2) is 48.5 Å². The number of ketones is 1. The molecule has 1 aliphatic heterocycles. The van der Waals surface area contributed by atoms with Crippen molar-refractivity contribution in [2.75, 3.05) is 11.5 Å². The van der Waals surface area contributed by atoms with Gasteiger partial charge in [0.2, 0.25) is 11.8 Å². The highest BCUT2D eigenvalue weighted by atomic mass is 19.1. The fourth-order valence-electron chi connectivity index (χ4n) is 3.98. The van der Waals surface area contributed by atoms with Crippen LogP contribution in [0.25, 0.3) is 0 Å². The molecule has 0 bridgehead atoms. The van der Waals surface area contributed by atoms with Gasteiger partial charge < -0.3 is 4.74 Å². The van der Waals surface area contributed by atoms with E-state index in [0.717, 1.165) is 25.7 Å². The number of imide groups is 1. The van der Waals surface area contributed by atoms with Crippen molar-refractivity contribution in [3.63, 3.8) is 0 Å². The first-order valence-corrected chi connectivity index (χ1v) is 9.44. The molecule has 2 aromatic carbocycles. The minimum absolute atomic E-state index is 0.116. The van der Waals surface area contributed by atoms with E-state index in [-0.39, 0.29) is 36.0 Å². The molecule has 2 fully saturated rings. The third-order valence-electron chi connectivity index (χ3n) is 5.47. The zero-order chi connectivity index (χ0) is 19.7. The standard InChI is InChI=1S/C22H20FNO4/c23-15-7-5-14(6-8-15)20(25)13-28-17-11-9-16(10-12-17)24-21(26)18-3-1-2-4-19(18)22(24)27/h5-12,18-19H,1-4,13H2. The van der Waals surface area contributed by atoms with Gasteiger partial charge in [-0.15, -0.1) is 0 Å². The fraction of sp³-hybridized carbons (Fsp3) is 0.318. The van der Waals surface area contributed by atoms with E-state index in [0.29, 0.717) is 17.0 Å². The third-order valence-corrected chi connectivity index (χ3v) is 5.47. The second-order valence-electron chi connectivity index (χ2n) is 7.22. The fourth-order valence-corrected chi connectivity index (χ4v) is 3.98. The highest BCUT2D eigenvalue weighted by Crippen LogP contribution is 2.40. The van der Waals surface area contributed by atoms with Gasteiger partial charge in [0.05, 0.1) is 17.5 Å². The van der Waals surface area contributed by atoms with Gasteiger partial charge in [0.25, 0.3) is 0 Å². The largest absolute Gasteiger partial charge is 0.485 e. The van der Waals surface area contributed by atoms with Crippen molar-refractivity contribution in [3.8, 4) is 5.75 Å². The Morgan fingerprint density at radius 1 is 0.929 bits per heavy atom. The molecule has 0 spiro atoms. The van der Waals surface area contributed by atoms with Gasteiger partial charge in [-0.25, -0.2) is 4.39 Å². The molecule has 28 heavy (non-hydrogen) atoms. The first kappa shape index (κ1) is 18.3. The molecule has 0 radical (unpaired) electrons. The van der Waals surface area contributed by atoms with Crippen molar-refractivity contribution in [2.24, 2.45) is 11.8 Å². The lowest BCUT2D eigenvalue weighted by atomic mass is 9.81. The highest BCUT2D eigenvalue weighted by Gasteiger charge is 2.48. The van der Waals surface area contributed by atoms with Crippen LogP contribution in [0.4, 0.5) is 10.1 Å². The Bertz CT molecular complexity index is 883. The van der Waals surface area contributed by atoms with Crippen LogP contribution in [0, 0.1) is 17.7 Å². The molecular weight excluding hydrogens is 361 g/mol. The van der Waals surface area contributed by atoms with Crippen LogP contribution in [0.3, 0.4) is 0 Å². The lowest BCUT2D eigenvalue weighted by Gasteiger charge is -2.19. The number of ether oxygens (including phenoxy) is 1. The van der Waals surface area contributed by atoms with Gasteiger partial charge in [0.15, 0.2) is 12.4 Å². The Morgan fingerprint density at radius 2 is 1.50 bits per heavy atom. The number of carbonyl (C=O) groups is 3. The van der Waals surface area contributed by atoms with E-state index in [1.165, 1.54) is 29.2 Å². The normalized spacial score (nSPS) is 21.5. The SMILES string of the molecule is O=C(COc1ccc(N2C(=O)C3CCCCC3C2=O)cc1)c1ccc(F)cc1. The van der Waals surface area contributed by atoms with Crippen molar-refractivity contribution in [3.05, 3.63) is 59.9 Å². The van der Waals surface area contributed by atoms with Crippen LogP contribution in [0.5, 0.6) is 5.75 Å². The van der Waals surface area contributed by atoms with E-state index in [4.69, 9.17) is 4.74 Å². The van der Waals surface area contributed by atoms with E-state index in [2.05, 4.69) is 0 Å². The maximum Gasteiger partial charge on any atom is 0.237 e. The van der Waals surface area contributed by atoms with Crippen molar-refractivity contribution in [2.45, 2.75) is 25.7 Å². The number of halogens is 1. The minimum atomic E-state index is -0.404. The van der Waals surface area contributed by atoms with Gasteiger partial charge in [0.1, 0.15) is 11.6 Å². The van der Waals surface area contributed by atoms with Crippen LogP contribution in [-0.4, -0.2) is 24.2 Å². The molecule has 2 aromatic rings. The van der Waals surface area contributed by atoms with E-state index in [1.54, 1.807) is 24.3 Å². The summed E-state index contributed by atoms with van der Waals surface area (Å²) >= 11 is 0. The zero-order valence-electron chi connectivity index (χ0n) is 15.3. The van der Waals surface area contributed by atoms with E-state index in [1.807, 2.05) is 0 Å². The molecule has 5 nitrogen and oxygen atoms in total. The summed E-state index contributed by atoms with van der Waals surface area (Å²) in [5.41, 5.74) is 0.899. The van der Waals surface area contributed by atoms with Crippen LogP contribution in [0.2, 0.25) is 0 Å². The molecule has 1 heterocycles. The summed E-state index contributed by atoms with van der Waals surface area (Å²) in [6.45, 7) is -0.184. The summed E-state index contributed by atoms with van der Waals surface area (Å²) in [4.78, 5) is 38.6. The van der Waals surface area contributed by atoms with Gasteiger partial charge >= 0.3 is 0 Å². The Hall–Kier alpha value is -3.02. The molecule has 4 rings (SSSR count). The van der Waals surface area contributed by atoms with Gasteiger partial charge in [-0.3, -0.25) is 19.3 Å². The van der Waals surface area contributed by atoms with Crippen molar-refractivity contribution in [1.82, 2.24) is 0 Å². The molecule has 6 heteroatoms. The van der Waals surface area contributed by atoms with Gasteiger partial charge in [0, 0.05) is 5.56 Å². The minimum Gasteiger partial charge on any atom is -0.485 e. The second-order valence-corrected chi connectivity index (χ2v) is 7.22. The summed E-state index contributed by atoms with van der Waals surface area (Å²) in [6, 6.07) is 11.9. The predicted octanol–water partition coefficient (Wildman–Crippen LogP) is 3.77. The highest BCUT2D eigenvalue weighted by molar-refractivity contribution is 6.22. The second kappa shape index (κ2) is 7.54. The number of hydrogen-bond donors (Lipinski definition) is 0. The monoisotopic (exact) mass is 381 g/mol. The molecule has 1 saturated heterocycles. The Balaban J connectivity index is 1.41. The number of anilines is 1. The summed E-state index contributed by atoms with van der Waals surface area (Å²) in [6.07, 6.45) is 3.53. The van der Waals surface area contributed by atoms with Gasteiger partial charge in [-0.2, -0.15) is 0 Å². The molecule has 0 N–H and O–H groups in total. The van der Waals surface area contributed by atoms with Crippen LogP contribution < -0.4 is 9.64 Å². The number of nitrogens with zero attached hydrogens (tertiary/aromatic N) is 1. The molecule has 2 aliphatic rings. The smallest absolute Gasteiger partial charge is 0.237 e. The average Bonchev–Trinajstić information content (AvgIpc) is 2.98. The molecule has 0 aromatic heterocycles. The Morgan fingerprint density at radius 3 is 2.07 bits per heavy atom. The van der Waals surface area contributed by atoms with E-state index >= 15 is 0 Å². The first-order chi connectivity index (χ1) is 13.5. The number of hydrogen-bond acceptors (Lipinski definition) is 4. The lowest BCUT2D eigenvalue weighted by Crippen LogP contribution is -2.30. The van der Waals surface area contributed by atoms with Crippen LogP contribution in [0.1, 0.15) is 36.0 Å². The molecule has 2 amide bonds. The summed E-state index contributed by atoms with van der Waals surface area (Å²) in [5, 5.41) is 0. The topological polar surface area (TPSA) is 63.7 Å². The Kier molecular flexibility index (Phi) is 4.94. The number of carbonyl (C=O) groups excluding carboxylic acids is 3. The number of amides is 2. The molecule has 1 saturated carbocycles. The molecule has 2 unspecified atom stereocenters. The number of Topliss-reactive ketones (excluding diaryl/α,β-unsaturated/α-hetero) is 1. The molecule has 144 valence electrons. The number of benzene rings is 2.